The van der Waals surface area contributed by atoms with Gasteiger partial charge in [-0.1, -0.05) is 18.2 Å². The Kier molecular flexibility index (Phi) is 4.29. The summed E-state index contributed by atoms with van der Waals surface area (Å²) < 4.78 is 15.2. The Morgan fingerprint density at radius 2 is 1.92 bits per heavy atom. The predicted octanol–water partition coefficient (Wildman–Crippen LogP) is 2.92. The van der Waals surface area contributed by atoms with Crippen LogP contribution < -0.4 is 16.3 Å². The molecule has 0 atom stereocenters. The van der Waals surface area contributed by atoms with Crippen molar-refractivity contribution in [2.45, 2.75) is 13.5 Å². The predicted molar refractivity (Wildman–Crippen MR) is 91.4 cm³/mol. The van der Waals surface area contributed by atoms with Gasteiger partial charge >= 0.3 is 0 Å². The van der Waals surface area contributed by atoms with Crippen molar-refractivity contribution < 1.29 is 9.18 Å². The molecule has 3 rings (SSSR count). The van der Waals surface area contributed by atoms with Crippen molar-refractivity contribution in [2.75, 3.05) is 5.43 Å². The van der Waals surface area contributed by atoms with Crippen molar-refractivity contribution in [3.8, 4) is 0 Å². The fraction of sp³-hybridized carbons (Fsp3) is 0.111. The van der Waals surface area contributed by atoms with E-state index in [2.05, 4.69) is 10.9 Å². The van der Waals surface area contributed by atoms with Crippen LogP contribution in [0.3, 0.4) is 0 Å². The van der Waals surface area contributed by atoms with Crippen molar-refractivity contribution in [3.63, 3.8) is 0 Å². The second-order valence-corrected chi connectivity index (χ2v) is 5.26. The van der Waals surface area contributed by atoms with Gasteiger partial charge in [0.15, 0.2) is 0 Å². The molecule has 122 valence electrons. The lowest BCUT2D eigenvalue weighted by Gasteiger charge is -2.12. The third-order valence-electron chi connectivity index (χ3n) is 3.72. The maximum atomic E-state index is 13.5. The number of benzene rings is 2. The summed E-state index contributed by atoms with van der Waals surface area (Å²) in [6.45, 7) is 2.44. The zero-order chi connectivity index (χ0) is 17.1. The molecule has 6 heteroatoms. The quantitative estimate of drug-likeness (QED) is 0.725. The molecule has 0 fully saturated rings. The molecule has 0 saturated heterocycles. The third-order valence-corrected chi connectivity index (χ3v) is 3.72. The number of hydrazine groups is 1. The van der Waals surface area contributed by atoms with E-state index in [1.165, 1.54) is 12.3 Å². The van der Waals surface area contributed by atoms with Crippen LogP contribution in [0.2, 0.25) is 0 Å². The molecule has 0 bridgehead atoms. The molecule has 2 N–H and O–H groups in total. The zero-order valence-electron chi connectivity index (χ0n) is 13.0. The van der Waals surface area contributed by atoms with Crippen LogP contribution in [0.4, 0.5) is 10.1 Å². The molecule has 1 heterocycles. The van der Waals surface area contributed by atoms with Crippen molar-refractivity contribution >= 4 is 22.5 Å². The number of para-hydroxylation sites is 1. The van der Waals surface area contributed by atoms with Gasteiger partial charge in [-0.3, -0.25) is 20.4 Å². The Morgan fingerprint density at radius 1 is 1.17 bits per heavy atom. The molecule has 0 radical (unpaired) electrons. The SMILES string of the molecule is CCn1cc(C(=O)NNc2ccccc2)c(=O)c2cc(F)ccc21. The number of hydrogen-bond donors (Lipinski definition) is 2. The number of anilines is 1. The molecule has 0 aliphatic carbocycles. The molecule has 1 amide bonds. The summed E-state index contributed by atoms with van der Waals surface area (Å²) in [4.78, 5) is 24.9. The molecule has 0 aliphatic rings. The first-order valence-electron chi connectivity index (χ1n) is 7.54. The second kappa shape index (κ2) is 6.54. The van der Waals surface area contributed by atoms with E-state index < -0.39 is 17.2 Å². The molecule has 24 heavy (non-hydrogen) atoms. The van der Waals surface area contributed by atoms with Gasteiger partial charge in [0.25, 0.3) is 5.91 Å². The van der Waals surface area contributed by atoms with Gasteiger partial charge in [0.2, 0.25) is 5.43 Å². The van der Waals surface area contributed by atoms with Gasteiger partial charge in [-0.05, 0) is 37.3 Å². The van der Waals surface area contributed by atoms with Crippen LogP contribution in [-0.2, 0) is 6.54 Å². The van der Waals surface area contributed by atoms with Crippen molar-refractivity contribution in [1.29, 1.82) is 0 Å². The number of nitrogens with one attached hydrogen (secondary N) is 2. The number of nitrogens with zero attached hydrogens (tertiary/aromatic N) is 1. The van der Waals surface area contributed by atoms with Gasteiger partial charge < -0.3 is 4.57 Å². The van der Waals surface area contributed by atoms with Crippen LogP contribution in [-0.4, -0.2) is 10.5 Å². The van der Waals surface area contributed by atoms with E-state index in [0.717, 1.165) is 6.07 Å². The maximum absolute atomic E-state index is 13.5. The molecule has 1 aromatic heterocycles. The minimum Gasteiger partial charge on any atom is -0.347 e. The van der Waals surface area contributed by atoms with Gasteiger partial charge in [-0.15, -0.1) is 0 Å². The molecule has 5 nitrogen and oxygen atoms in total. The summed E-state index contributed by atoms with van der Waals surface area (Å²) >= 11 is 0. The summed E-state index contributed by atoms with van der Waals surface area (Å²) in [5, 5.41) is 0.184. The van der Waals surface area contributed by atoms with E-state index in [1.807, 2.05) is 25.1 Å². The van der Waals surface area contributed by atoms with Gasteiger partial charge in [0, 0.05) is 18.1 Å². The maximum Gasteiger partial charge on any atom is 0.275 e. The number of fused-ring (bicyclic) bond motifs is 1. The molecule has 0 unspecified atom stereocenters. The van der Waals surface area contributed by atoms with E-state index >= 15 is 0 Å². The minimum absolute atomic E-state index is 0.0432. The molecule has 0 spiro atoms. The number of aryl methyl sites for hydroxylation is 1. The largest absolute Gasteiger partial charge is 0.347 e. The Labute approximate surface area is 137 Å². The van der Waals surface area contributed by atoms with Crippen molar-refractivity contribution in [2.24, 2.45) is 0 Å². The average Bonchev–Trinajstić information content (AvgIpc) is 2.61. The Morgan fingerprint density at radius 3 is 2.62 bits per heavy atom. The highest BCUT2D eigenvalue weighted by atomic mass is 19.1. The lowest BCUT2D eigenvalue weighted by molar-refractivity contribution is 0.0961. The first kappa shape index (κ1) is 15.7. The molecule has 2 aromatic carbocycles. The van der Waals surface area contributed by atoms with Gasteiger partial charge in [-0.2, -0.15) is 0 Å². The van der Waals surface area contributed by atoms with Crippen LogP contribution in [0, 0.1) is 5.82 Å². The Hall–Kier alpha value is -3.15. The standard InChI is InChI=1S/C18H16FN3O2/c1-2-22-11-15(17(23)14-10-12(19)8-9-16(14)22)18(24)21-20-13-6-4-3-5-7-13/h3-11,20H,2H2,1H3,(H,21,24). The summed E-state index contributed by atoms with van der Waals surface area (Å²) in [5.41, 5.74) is 5.98. The average molecular weight is 325 g/mol. The highest BCUT2D eigenvalue weighted by Gasteiger charge is 2.15. The van der Waals surface area contributed by atoms with Gasteiger partial charge in [0.05, 0.1) is 11.2 Å². The fourth-order valence-electron chi connectivity index (χ4n) is 2.51. The molecular formula is C18H16FN3O2. The summed E-state index contributed by atoms with van der Waals surface area (Å²) in [6.07, 6.45) is 1.49. The van der Waals surface area contributed by atoms with E-state index in [1.54, 1.807) is 22.8 Å². The number of rotatable bonds is 4. The smallest absolute Gasteiger partial charge is 0.275 e. The summed E-state index contributed by atoms with van der Waals surface area (Å²) in [7, 11) is 0. The molecule has 0 aliphatic heterocycles. The fourth-order valence-corrected chi connectivity index (χ4v) is 2.51. The first-order valence-corrected chi connectivity index (χ1v) is 7.54. The number of carbonyl (C=O) groups is 1. The zero-order valence-corrected chi connectivity index (χ0v) is 13.0. The highest BCUT2D eigenvalue weighted by molar-refractivity contribution is 5.97. The lowest BCUT2D eigenvalue weighted by atomic mass is 10.1. The van der Waals surface area contributed by atoms with Crippen LogP contribution in [0.1, 0.15) is 17.3 Å². The lowest BCUT2D eigenvalue weighted by Crippen LogP contribution is -2.33. The molecular weight excluding hydrogens is 309 g/mol. The second-order valence-electron chi connectivity index (χ2n) is 5.26. The van der Waals surface area contributed by atoms with E-state index in [-0.39, 0.29) is 10.9 Å². The van der Waals surface area contributed by atoms with E-state index in [4.69, 9.17) is 0 Å². The number of pyridine rings is 1. The number of aromatic nitrogens is 1. The monoisotopic (exact) mass is 325 g/mol. The molecule has 3 aromatic rings. The Balaban J connectivity index is 1.98. The normalized spacial score (nSPS) is 10.6. The first-order chi connectivity index (χ1) is 11.6. The number of amides is 1. The van der Waals surface area contributed by atoms with Gasteiger partial charge in [0.1, 0.15) is 11.4 Å². The van der Waals surface area contributed by atoms with Crippen LogP contribution in [0.15, 0.2) is 59.5 Å². The van der Waals surface area contributed by atoms with Crippen molar-refractivity contribution in [3.05, 3.63) is 76.3 Å². The number of carbonyl (C=O) groups excluding carboxylic acids is 1. The summed E-state index contributed by atoms with van der Waals surface area (Å²) in [6, 6.07) is 13.0. The van der Waals surface area contributed by atoms with Crippen LogP contribution >= 0.6 is 0 Å². The van der Waals surface area contributed by atoms with Crippen LogP contribution in [0.25, 0.3) is 10.9 Å². The van der Waals surface area contributed by atoms with E-state index in [0.29, 0.717) is 17.7 Å². The van der Waals surface area contributed by atoms with Crippen molar-refractivity contribution in [1.82, 2.24) is 9.99 Å². The minimum atomic E-state index is -0.572. The number of hydrogen-bond acceptors (Lipinski definition) is 3. The highest BCUT2D eigenvalue weighted by Crippen LogP contribution is 2.14. The number of halogens is 1. The Bertz CT molecular complexity index is 952. The summed E-state index contributed by atoms with van der Waals surface area (Å²) in [5.74, 6) is -1.08. The van der Waals surface area contributed by atoms with Gasteiger partial charge in [-0.25, -0.2) is 4.39 Å². The molecule has 0 saturated carbocycles. The third kappa shape index (κ3) is 2.99. The van der Waals surface area contributed by atoms with Crippen LogP contribution in [0.5, 0.6) is 0 Å². The van der Waals surface area contributed by atoms with E-state index in [9.17, 15) is 14.0 Å². The topological polar surface area (TPSA) is 63.1 Å².